The predicted molar refractivity (Wildman–Crippen MR) is 111 cm³/mol. The molecule has 4 aromatic rings. The van der Waals surface area contributed by atoms with E-state index in [4.69, 9.17) is 9.47 Å². The minimum absolute atomic E-state index is 0.834. The molecule has 0 saturated carbocycles. The Morgan fingerprint density at radius 3 is 2.11 bits per heavy atom. The van der Waals surface area contributed by atoms with Gasteiger partial charge in [0.05, 0.1) is 11.4 Å². The summed E-state index contributed by atoms with van der Waals surface area (Å²) in [6.45, 7) is 0. The van der Waals surface area contributed by atoms with E-state index in [0.717, 1.165) is 51.9 Å². The van der Waals surface area contributed by atoms with Gasteiger partial charge in [-0.2, -0.15) is 0 Å². The highest BCUT2D eigenvalue weighted by Crippen LogP contribution is 2.44. The first kappa shape index (κ1) is 15.3. The summed E-state index contributed by atoms with van der Waals surface area (Å²) < 4.78 is 12.3. The molecule has 134 valence electrons. The zero-order valence-electron chi connectivity index (χ0n) is 15.1. The van der Waals surface area contributed by atoms with Gasteiger partial charge in [-0.1, -0.05) is 48.5 Å². The normalized spacial score (nSPS) is 13.0. The molecule has 2 aliphatic rings. The lowest BCUT2D eigenvalue weighted by Crippen LogP contribution is -2.03. The Morgan fingerprint density at radius 2 is 1.18 bits per heavy atom. The first-order chi connectivity index (χ1) is 13.8. The molecule has 4 aromatic carbocycles. The molecular formula is C25H17NO2. The lowest BCUT2D eigenvalue weighted by Gasteiger charge is -2.23. The van der Waals surface area contributed by atoms with Crippen molar-refractivity contribution < 1.29 is 9.47 Å². The molecule has 3 nitrogen and oxygen atoms in total. The van der Waals surface area contributed by atoms with Crippen LogP contribution < -0.4 is 14.8 Å². The van der Waals surface area contributed by atoms with Gasteiger partial charge in [0.25, 0.3) is 0 Å². The monoisotopic (exact) mass is 363 g/mol. The van der Waals surface area contributed by atoms with Gasteiger partial charge in [-0.05, 0) is 58.7 Å². The van der Waals surface area contributed by atoms with Crippen LogP contribution in [0.1, 0.15) is 11.1 Å². The molecule has 2 heterocycles. The highest BCUT2D eigenvalue weighted by Gasteiger charge is 2.19. The first-order valence-corrected chi connectivity index (χ1v) is 9.40. The third kappa shape index (κ3) is 2.44. The number of para-hydroxylation sites is 3. The second-order valence-corrected chi connectivity index (χ2v) is 7.14. The van der Waals surface area contributed by atoms with Crippen LogP contribution in [-0.4, -0.2) is 0 Å². The number of rotatable bonds is 1. The highest BCUT2D eigenvalue weighted by atomic mass is 16.5. The fourth-order valence-corrected chi connectivity index (χ4v) is 3.86. The van der Waals surface area contributed by atoms with Gasteiger partial charge in [-0.25, -0.2) is 0 Å². The van der Waals surface area contributed by atoms with Crippen molar-refractivity contribution in [2.75, 3.05) is 5.32 Å². The Labute approximate surface area is 163 Å². The summed E-state index contributed by atoms with van der Waals surface area (Å²) in [5.74, 6) is 3.55. The van der Waals surface area contributed by atoms with Gasteiger partial charge in [0.1, 0.15) is 11.5 Å². The van der Waals surface area contributed by atoms with Crippen LogP contribution in [-0.2, 0) is 6.42 Å². The Balaban J connectivity index is 1.36. The third-order valence-electron chi connectivity index (χ3n) is 5.33. The van der Waals surface area contributed by atoms with Crippen molar-refractivity contribution >= 4 is 11.4 Å². The number of anilines is 2. The maximum atomic E-state index is 6.16. The molecule has 3 heteroatoms. The van der Waals surface area contributed by atoms with E-state index in [9.17, 15) is 0 Å². The van der Waals surface area contributed by atoms with Gasteiger partial charge in [0, 0.05) is 6.42 Å². The minimum atomic E-state index is 0.834. The van der Waals surface area contributed by atoms with Gasteiger partial charge in [0.15, 0.2) is 11.5 Å². The molecule has 0 saturated heterocycles. The second kappa shape index (κ2) is 5.89. The van der Waals surface area contributed by atoms with Crippen LogP contribution in [0.15, 0.2) is 84.9 Å². The quantitative estimate of drug-likeness (QED) is 0.345. The summed E-state index contributed by atoms with van der Waals surface area (Å²) in [5.41, 5.74) is 6.63. The Kier molecular flexibility index (Phi) is 3.23. The van der Waals surface area contributed by atoms with E-state index in [2.05, 4.69) is 53.8 Å². The summed E-state index contributed by atoms with van der Waals surface area (Å²) in [6, 6.07) is 28.9. The fourth-order valence-electron chi connectivity index (χ4n) is 3.86. The Hall–Kier alpha value is -3.72. The Morgan fingerprint density at radius 1 is 0.536 bits per heavy atom. The van der Waals surface area contributed by atoms with Crippen molar-refractivity contribution in [3.63, 3.8) is 0 Å². The SMILES string of the molecule is c1ccc2c(c1)Cc1ccc(-c3ccc4c(c3)Oc3ccccc3N4)cc1O2. The molecular weight excluding hydrogens is 346 g/mol. The number of benzene rings is 4. The van der Waals surface area contributed by atoms with Crippen LogP contribution >= 0.6 is 0 Å². The number of hydrogen-bond acceptors (Lipinski definition) is 3. The van der Waals surface area contributed by atoms with Gasteiger partial charge >= 0.3 is 0 Å². The number of hydrogen-bond donors (Lipinski definition) is 1. The molecule has 0 bridgehead atoms. The maximum Gasteiger partial charge on any atom is 0.151 e. The topological polar surface area (TPSA) is 30.5 Å². The largest absolute Gasteiger partial charge is 0.457 e. The van der Waals surface area contributed by atoms with Crippen LogP contribution in [0.3, 0.4) is 0 Å². The summed E-state index contributed by atoms with van der Waals surface area (Å²) in [4.78, 5) is 0. The lowest BCUT2D eigenvalue weighted by molar-refractivity contribution is 0.460. The Bertz CT molecular complexity index is 1130. The van der Waals surface area contributed by atoms with Gasteiger partial charge in [-0.15, -0.1) is 0 Å². The molecule has 2 aliphatic heterocycles. The van der Waals surface area contributed by atoms with Crippen LogP contribution in [0, 0.1) is 0 Å². The molecule has 0 amide bonds. The van der Waals surface area contributed by atoms with Crippen molar-refractivity contribution in [3.8, 4) is 34.1 Å². The molecule has 6 rings (SSSR count). The summed E-state index contributed by atoms with van der Waals surface area (Å²) in [5, 5.41) is 3.43. The molecule has 0 aromatic heterocycles. The maximum absolute atomic E-state index is 6.16. The van der Waals surface area contributed by atoms with Crippen LogP contribution in [0.5, 0.6) is 23.0 Å². The second-order valence-electron chi connectivity index (χ2n) is 7.14. The molecule has 0 atom stereocenters. The standard InChI is InChI=1S/C25H17NO2/c1-3-7-22-18(5-1)13-19-10-9-16(14-24(19)27-22)17-11-12-21-25(15-17)28-23-8-4-2-6-20(23)26-21/h1-12,14-15,26H,13H2. The summed E-state index contributed by atoms with van der Waals surface area (Å²) in [6.07, 6.45) is 0.903. The van der Waals surface area contributed by atoms with E-state index >= 15 is 0 Å². The van der Waals surface area contributed by atoms with E-state index in [0.29, 0.717) is 0 Å². The molecule has 0 spiro atoms. The van der Waals surface area contributed by atoms with E-state index in [1.54, 1.807) is 0 Å². The average Bonchev–Trinajstić information content (AvgIpc) is 2.75. The van der Waals surface area contributed by atoms with Crippen molar-refractivity contribution in [3.05, 3.63) is 96.1 Å². The average molecular weight is 363 g/mol. The number of nitrogens with one attached hydrogen (secondary N) is 1. The molecule has 28 heavy (non-hydrogen) atoms. The van der Waals surface area contributed by atoms with Gasteiger partial charge < -0.3 is 14.8 Å². The zero-order chi connectivity index (χ0) is 18.5. The molecule has 0 unspecified atom stereocenters. The van der Waals surface area contributed by atoms with Crippen LogP contribution in [0.4, 0.5) is 11.4 Å². The van der Waals surface area contributed by atoms with E-state index in [1.807, 2.05) is 36.4 Å². The molecule has 0 aliphatic carbocycles. The van der Waals surface area contributed by atoms with Gasteiger partial charge in [0.2, 0.25) is 0 Å². The third-order valence-corrected chi connectivity index (χ3v) is 5.33. The van der Waals surface area contributed by atoms with E-state index in [1.165, 1.54) is 11.1 Å². The van der Waals surface area contributed by atoms with Crippen molar-refractivity contribution in [2.45, 2.75) is 6.42 Å². The van der Waals surface area contributed by atoms with Crippen molar-refractivity contribution in [1.29, 1.82) is 0 Å². The fraction of sp³-hybridized carbons (Fsp3) is 0.0400. The molecule has 1 N–H and O–H groups in total. The molecule has 0 fully saturated rings. The number of ether oxygens (including phenoxy) is 2. The van der Waals surface area contributed by atoms with Crippen LogP contribution in [0.25, 0.3) is 11.1 Å². The van der Waals surface area contributed by atoms with Crippen molar-refractivity contribution in [2.24, 2.45) is 0 Å². The summed E-state index contributed by atoms with van der Waals surface area (Å²) in [7, 11) is 0. The van der Waals surface area contributed by atoms with Gasteiger partial charge in [-0.3, -0.25) is 0 Å². The smallest absolute Gasteiger partial charge is 0.151 e. The first-order valence-electron chi connectivity index (χ1n) is 9.40. The minimum Gasteiger partial charge on any atom is -0.457 e. The van der Waals surface area contributed by atoms with E-state index in [-0.39, 0.29) is 0 Å². The zero-order valence-corrected chi connectivity index (χ0v) is 15.1. The van der Waals surface area contributed by atoms with Crippen LogP contribution in [0.2, 0.25) is 0 Å². The summed E-state index contributed by atoms with van der Waals surface area (Å²) >= 11 is 0. The van der Waals surface area contributed by atoms with E-state index < -0.39 is 0 Å². The lowest BCUT2D eigenvalue weighted by atomic mass is 9.96. The molecule has 0 radical (unpaired) electrons. The highest BCUT2D eigenvalue weighted by molar-refractivity contribution is 5.79. The van der Waals surface area contributed by atoms with Crippen molar-refractivity contribution in [1.82, 2.24) is 0 Å². The number of fused-ring (bicyclic) bond motifs is 4. The predicted octanol–water partition coefficient (Wildman–Crippen LogP) is 6.90.